The van der Waals surface area contributed by atoms with Gasteiger partial charge in [0.1, 0.15) is 6.10 Å². The van der Waals surface area contributed by atoms with Crippen molar-refractivity contribution in [3.8, 4) is 0 Å². The van der Waals surface area contributed by atoms with Crippen molar-refractivity contribution in [1.82, 2.24) is 5.32 Å². The van der Waals surface area contributed by atoms with E-state index in [0.29, 0.717) is 5.56 Å². The quantitative estimate of drug-likeness (QED) is 0.591. The Morgan fingerprint density at radius 1 is 1.44 bits per heavy atom. The summed E-state index contributed by atoms with van der Waals surface area (Å²) in [5.74, 6) is -0.161. The van der Waals surface area contributed by atoms with Gasteiger partial charge in [0, 0.05) is 12.1 Å². The summed E-state index contributed by atoms with van der Waals surface area (Å²) in [6, 6.07) is 7.44. The first kappa shape index (κ1) is 12.7. The van der Waals surface area contributed by atoms with Gasteiger partial charge in [0.25, 0.3) is 5.91 Å². The summed E-state index contributed by atoms with van der Waals surface area (Å²) < 4.78 is 0. The highest BCUT2D eigenvalue weighted by Gasteiger charge is 2.07. The number of amides is 1. The Bertz CT molecular complexity index is 335. The van der Waals surface area contributed by atoms with Crippen LogP contribution in [0.4, 0.5) is 0 Å². The maximum atomic E-state index is 11.6. The van der Waals surface area contributed by atoms with E-state index in [1.165, 1.54) is 5.56 Å². The van der Waals surface area contributed by atoms with Crippen molar-refractivity contribution in [1.29, 1.82) is 0 Å². The second kappa shape index (κ2) is 6.25. The minimum Gasteiger partial charge on any atom is -0.349 e. The van der Waals surface area contributed by atoms with E-state index in [2.05, 4.69) is 17.1 Å². The van der Waals surface area contributed by atoms with E-state index in [0.717, 1.165) is 6.42 Å². The SMILES string of the molecule is CCc1ccc(C(=O)NCC(C)OO)cc1. The minimum absolute atomic E-state index is 0.161. The molecule has 0 saturated carbocycles. The van der Waals surface area contributed by atoms with Crippen molar-refractivity contribution in [2.24, 2.45) is 0 Å². The lowest BCUT2D eigenvalue weighted by molar-refractivity contribution is -0.271. The van der Waals surface area contributed by atoms with Gasteiger partial charge in [-0.25, -0.2) is 4.89 Å². The second-order valence-corrected chi connectivity index (χ2v) is 3.68. The van der Waals surface area contributed by atoms with Crippen molar-refractivity contribution in [2.75, 3.05) is 6.54 Å². The van der Waals surface area contributed by atoms with E-state index in [1.54, 1.807) is 19.1 Å². The standard InChI is InChI=1S/C12H17NO3/c1-3-10-4-6-11(7-5-10)12(14)13-8-9(2)16-15/h4-7,9,15H,3,8H2,1-2H3,(H,13,14). The molecule has 1 rings (SSSR count). The summed E-state index contributed by atoms with van der Waals surface area (Å²) in [7, 11) is 0. The molecular weight excluding hydrogens is 206 g/mol. The van der Waals surface area contributed by atoms with Crippen LogP contribution in [0.2, 0.25) is 0 Å². The van der Waals surface area contributed by atoms with Crippen LogP contribution in [0.25, 0.3) is 0 Å². The number of carbonyl (C=O) groups excluding carboxylic acids is 1. The van der Waals surface area contributed by atoms with E-state index >= 15 is 0 Å². The first-order chi connectivity index (χ1) is 7.67. The average molecular weight is 223 g/mol. The third kappa shape index (κ3) is 3.64. The van der Waals surface area contributed by atoms with E-state index in [9.17, 15) is 4.79 Å². The Kier molecular flexibility index (Phi) is 4.95. The highest BCUT2D eigenvalue weighted by molar-refractivity contribution is 5.94. The largest absolute Gasteiger partial charge is 0.349 e. The summed E-state index contributed by atoms with van der Waals surface area (Å²) in [5.41, 5.74) is 1.81. The molecular formula is C12H17NO3. The van der Waals surface area contributed by atoms with Crippen molar-refractivity contribution >= 4 is 5.91 Å². The van der Waals surface area contributed by atoms with Gasteiger partial charge >= 0.3 is 0 Å². The molecule has 1 unspecified atom stereocenters. The van der Waals surface area contributed by atoms with Crippen LogP contribution in [-0.4, -0.2) is 23.8 Å². The smallest absolute Gasteiger partial charge is 0.251 e. The van der Waals surface area contributed by atoms with Gasteiger partial charge in [-0.3, -0.25) is 10.1 Å². The highest BCUT2D eigenvalue weighted by Crippen LogP contribution is 2.04. The molecule has 0 spiro atoms. The fourth-order valence-corrected chi connectivity index (χ4v) is 1.27. The lowest BCUT2D eigenvalue weighted by atomic mass is 10.1. The van der Waals surface area contributed by atoms with Crippen molar-refractivity contribution in [3.05, 3.63) is 35.4 Å². The number of benzene rings is 1. The van der Waals surface area contributed by atoms with Gasteiger partial charge in [-0.1, -0.05) is 19.1 Å². The summed E-state index contributed by atoms with van der Waals surface area (Å²) in [6.07, 6.45) is 0.552. The zero-order chi connectivity index (χ0) is 12.0. The second-order valence-electron chi connectivity index (χ2n) is 3.68. The van der Waals surface area contributed by atoms with Crippen LogP contribution in [0, 0.1) is 0 Å². The predicted octanol–water partition coefficient (Wildman–Crippen LogP) is 1.86. The van der Waals surface area contributed by atoms with Crippen molar-refractivity contribution < 1.29 is 14.9 Å². The maximum absolute atomic E-state index is 11.6. The summed E-state index contributed by atoms with van der Waals surface area (Å²) >= 11 is 0. The van der Waals surface area contributed by atoms with E-state index in [4.69, 9.17) is 5.26 Å². The monoisotopic (exact) mass is 223 g/mol. The number of aryl methyl sites for hydroxylation is 1. The molecule has 0 aliphatic heterocycles. The van der Waals surface area contributed by atoms with Crippen LogP contribution in [0.1, 0.15) is 29.8 Å². The van der Waals surface area contributed by atoms with E-state index in [-0.39, 0.29) is 12.5 Å². The minimum atomic E-state index is -0.404. The Morgan fingerprint density at radius 3 is 2.56 bits per heavy atom. The molecule has 0 bridgehead atoms. The molecule has 4 nitrogen and oxygen atoms in total. The number of carbonyl (C=O) groups is 1. The number of hydrogen-bond acceptors (Lipinski definition) is 3. The summed E-state index contributed by atoms with van der Waals surface area (Å²) in [4.78, 5) is 15.7. The van der Waals surface area contributed by atoms with Gasteiger partial charge in [-0.15, -0.1) is 0 Å². The molecule has 1 aromatic carbocycles. The lowest BCUT2D eigenvalue weighted by Gasteiger charge is -2.09. The molecule has 1 amide bonds. The molecule has 0 aliphatic rings. The first-order valence-corrected chi connectivity index (χ1v) is 5.34. The molecule has 0 radical (unpaired) electrons. The number of rotatable bonds is 5. The van der Waals surface area contributed by atoms with Crippen LogP contribution in [-0.2, 0) is 11.3 Å². The van der Waals surface area contributed by atoms with Gasteiger partial charge in [0.15, 0.2) is 0 Å². The predicted molar refractivity (Wildman–Crippen MR) is 61.3 cm³/mol. The normalized spacial score (nSPS) is 12.2. The topological polar surface area (TPSA) is 58.6 Å². The van der Waals surface area contributed by atoms with Crippen molar-refractivity contribution in [2.45, 2.75) is 26.4 Å². The van der Waals surface area contributed by atoms with Crippen LogP contribution < -0.4 is 5.32 Å². The van der Waals surface area contributed by atoms with E-state index < -0.39 is 6.10 Å². The number of nitrogens with one attached hydrogen (secondary N) is 1. The molecule has 1 aromatic rings. The zero-order valence-electron chi connectivity index (χ0n) is 9.56. The van der Waals surface area contributed by atoms with Gasteiger partial charge in [0.05, 0.1) is 0 Å². The Balaban J connectivity index is 2.52. The fraction of sp³-hybridized carbons (Fsp3) is 0.417. The third-order valence-corrected chi connectivity index (χ3v) is 2.35. The Morgan fingerprint density at radius 2 is 2.06 bits per heavy atom. The maximum Gasteiger partial charge on any atom is 0.251 e. The number of hydrogen-bond donors (Lipinski definition) is 2. The molecule has 0 aliphatic carbocycles. The molecule has 0 saturated heterocycles. The fourth-order valence-electron chi connectivity index (χ4n) is 1.27. The van der Waals surface area contributed by atoms with Crippen LogP contribution in [0.5, 0.6) is 0 Å². The van der Waals surface area contributed by atoms with E-state index in [1.807, 2.05) is 12.1 Å². The highest BCUT2D eigenvalue weighted by atomic mass is 17.1. The molecule has 0 fully saturated rings. The Hall–Kier alpha value is -1.39. The molecule has 1 atom stereocenters. The lowest BCUT2D eigenvalue weighted by Crippen LogP contribution is -2.31. The van der Waals surface area contributed by atoms with Crippen LogP contribution in [0.3, 0.4) is 0 Å². The first-order valence-electron chi connectivity index (χ1n) is 5.34. The van der Waals surface area contributed by atoms with Gasteiger partial charge in [-0.2, -0.15) is 0 Å². The van der Waals surface area contributed by atoms with Crippen LogP contribution >= 0.6 is 0 Å². The van der Waals surface area contributed by atoms with Gasteiger partial charge in [0.2, 0.25) is 0 Å². The molecule has 4 heteroatoms. The van der Waals surface area contributed by atoms with Gasteiger partial charge < -0.3 is 5.32 Å². The average Bonchev–Trinajstić information content (AvgIpc) is 2.35. The molecule has 0 aromatic heterocycles. The molecule has 2 N–H and O–H groups in total. The molecule has 16 heavy (non-hydrogen) atoms. The molecule has 88 valence electrons. The van der Waals surface area contributed by atoms with Crippen LogP contribution in [0.15, 0.2) is 24.3 Å². The third-order valence-electron chi connectivity index (χ3n) is 2.35. The zero-order valence-corrected chi connectivity index (χ0v) is 9.56. The Labute approximate surface area is 95.2 Å². The molecule has 0 heterocycles. The van der Waals surface area contributed by atoms with Crippen molar-refractivity contribution in [3.63, 3.8) is 0 Å². The summed E-state index contributed by atoms with van der Waals surface area (Å²) in [5, 5.41) is 11.0. The summed E-state index contributed by atoms with van der Waals surface area (Å²) in [6.45, 7) is 4.01. The van der Waals surface area contributed by atoms with Gasteiger partial charge in [-0.05, 0) is 31.0 Å².